The van der Waals surface area contributed by atoms with Gasteiger partial charge in [0.2, 0.25) is 0 Å². The minimum Gasteiger partial charge on any atom is -0.480 e. The van der Waals surface area contributed by atoms with Crippen molar-refractivity contribution in [3.05, 3.63) is 0 Å². The lowest BCUT2D eigenvalue weighted by molar-refractivity contribution is -0.141. The number of ether oxygens (including phenoxy) is 1. The molecular formula is C10H17NO3. The number of carbonyl (C=O) groups is 1. The predicted molar refractivity (Wildman–Crippen MR) is 54.0 cm³/mol. The van der Waals surface area contributed by atoms with Gasteiger partial charge in [-0.05, 0) is 6.42 Å². The van der Waals surface area contributed by atoms with Crippen LogP contribution in [0.4, 0.5) is 0 Å². The van der Waals surface area contributed by atoms with Gasteiger partial charge in [0.05, 0.1) is 6.61 Å². The molecule has 0 heterocycles. The monoisotopic (exact) mass is 199 g/mol. The first-order valence-electron chi connectivity index (χ1n) is 4.56. The van der Waals surface area contributed by atoms with E-state index in [0.29, 0.717) is 6.42 Å². The van der Waals surface area contributed by atoms with Gasteiger partial charge >= 0.3 is 5.97 Å². The summed E-state index contributed by atoms with van der Waals surface area (Å²) in [6, 6.07) is -0.644. The van der Waals surface area contributed by atoms with Crippen LogP contribution < -0.4 is 5.32 Å². The molecule has 0 spiro atoms. The molecule has 14 heavy (non-hydrogen) atoms. The van der Waals surface area contributed by atoms with Crippen molar-refractivity contribution in [1.82, 2.24) is 5.32 Å². The highest BCUT2D eigenvalue weighted by molar-refractivity contribution is 5.73. The van der Waals surface area contributed by atoms with E-state index in [9.17, 15) is 4.79 Å². The molecule has 2 N–H and O–H groups in total. The van der Waals surface area contributed by atoms with E-state index >= 15 is 0 Å². The van der Waals surface area contributed by atoms with E-state index in [1.54, 1.807) is 0 Å². The lowest BCUT2D eigenvalue weighted by Gasteiger charge is -2.19. The molecule has 4 nitrogen and oxygen atoms in total. The Labute approximate surface area is 84.6 Å². The molecule has 0 saturated heterocycles. The number of hydrogen-bond donors (Lipinski definition) is 2. The molecule has 0 aliphatic heterocycles. The molecule has 0 rings (SSSR count). The molecule has 0 aromatic heterocycles. The zero-order chi connectivity index (χ0) is 11.0. The number of hydrogen-bond acceptors (Lipinski definition) is 3. The minimum atomic E-state index is -0.915. The van der Waals surface area contributed by atoms with Crippen molar-refractivity contribution in [2.45, 2.75) is 31.8 Å². The Kier molecular flexibility index (Phi) is 6.81. The number of carboxylic acids is 1. The molecule has 80 valence electrons. The van der Waals surface area contributed by atoms with Gasteiger partial charge in [0.15, 0.2) is 0 Å². The smallest absolute Gasteiger partial charge is 0.323 e. The van der Waals surface area contributed by atoms with Crippen LogP contribution in [0.25, 0.3) is 0 Å². The van der Waals surface area contributed by atoms with E-state index in [1.807, 2.05) is 6.92 Å². The predicted octanol–water partition coefficient (Wildman–Crippen LogP) is 0.477. The highest BCUT2D eigenvalue weighted by atomic mass is 16.5. The first-order chi connectivity index (χ1) is 6.65. The molecule has 4 heteroatoms. The number of terminal acetylenes is 1. The minimum absolute atomic E-state index is 0.0382. The summed E-state index contributed by atoms with van der Waals surface area (Å²) >= 11 is 0. The van der Waals surface area contributed by atoms with Crippen molar-refractivity contribution in [2.24, 2.45) is 0 Å². The molecule has 0 bridgehead atoms. The molecule has 0 amide bonds. The maximum absolute atomic E-state index is 10.8. The molecule has 0 radical (unpaired) electrons. The van der Waals surface area contributed by atoms with Crippen LogP contribution in [0.15, 0.2) is 0 Å². The van der Waals surface area contributed by atoms with Gasteiger partial charge < -0.3 is 9.84 Å². The lowest BCUT2D eigenvalue weighted by atomic mass is 10.1. The van der Waals surface area contributed by atoms with E-state index in [2.05, 4.69) is 11.2 Å². The normalized spacial score (nSPS) is 14.4. The van der Waals surface area contributed by atoms with E-state index in [-0.39, 0.29) is 12.6 Å². The average Bonchev–Trinajstić information content (AvgIpc) is 2.15. The summed E-state index contributed by atoms with van der Waals surface area (Å²) in [5.41, 5.74) is 0. The number of methoxy groups -OCH3 is 1. The number of aliphatic carboxylic acids is 1. The number of carboxylic acid groups (broad SMARTS) is 1. The highest BCUT2D eigenvalue weighted by Gasteiger charge is 2.19. The highest BCUT2D eigenvalue weighted by Crippen LogP contribution is 1.99. The van der Waals surface area contributed by atoms with Gasteiger partial charge in [-0.25, -0.2) is 0 Å². The molecular weight excluding hydrogens is 182 g/mol. The van der Waals surface area contributed by atoms with Gasteiger partial charge in [0.1, 0.15) is 6.04 Å². The first-order valence-corrected chi connectivity index (χ1v) is 4.56. The van der Waals surface area contributed by atoms with Crippen LogP contribution in [-0.4, -0.2) is 36.9 Å². The Balaban J connectivity index is 4.12. The molecule has 0 aromatic rings. The summed E-state index contributed by atoms with van der Waals surface area (Å²) in [7, 11) is 1.47. The largest absolute Gasteiger partial charge is 0.480 e. The summed E-state index contributed by atoms with van der Waals surface area (Å²) < 4.78 is 4.79. The van der Waals surface area contributed by atoms with Gasteiger partial charge in [-0.3, -0.25) is 10.1 Å². The fraction of sp³-hybridized carbons (Fsp3) is 0.700. The zero-order valence-electron chi connectivity index (χ0n) is 8.62. The summed E-state index contributed by atoms with van der Waals surface area (Å²) in [4.78, 5) is 10.8. The third kappa shape index (κ3) is 4.85. The van der Waals surface area contributed by atoms with Crippen LogP contribution in [0.1, 0.15) is 19.8 Å². The fourth-order valence-corrected chi connectivity index (χ4v) is 1.11. The fourth-order valence-electron chi connectivity index (χ4n) is 1.11. The molecule has 0 aromatic carbocycles. The zero-order valence-corrected chi connectivity index (χ0v) is 8.62. The molecule has 0 aliphatic rings. The van der Waals surface area contributed by atoms with Crippen molar-refractivity contribution >= 4 is 5.97 Å². The molecule has 2 unspecified atom stereocenters. The molecule has 0 aliphatic carbocycles. The van der Waals surface area contributed by atoms with Gasteiger partial charge in [0, 0.05) is 19.6 Å². The van der Waals surface area contributed by atoms with E-state index in [0.717, 1.165) is 6.42 Å². The number of rotatable bonds is 7. The Morgan fingerprint density at radius 3 is 2.71 bits per heavy atom. The van der Waals surface area contributed by atoms with Gasteiger partial charge in [-0.2, -0.15) is 0 Å². The molecule has 0 saturated carbocycles. The van der Waals surface area contributed by atoms with E-state index in [4.69, 9.17) is 16.3 Å². The average molecular weight is 199 g/mol. The van der Waals surface area contributed by atoms with Crippen molar-refractivity contribution in [2.75, 3.05) is 13.7 Å². The Hall–Kier alpha value is -1.05. The first kappa shape index (κ1) is 12.9. The topological polar surface area (TPSA) is 58.6 Å². The Bertz CT molecular complexity index is 210. The van der Waals surface area contributed by atoms with Crippen molar-refractivity contribution < 1.29 is 14.6 Å². The third-order valence-corrected chi connectivity index (χ3v) is 1.93. The van der Waals surface area contributed by atoms with Gasteiger partial charge in [0.25, 0.3) is 0 Å². The van der Waals surface area contributed by atoms with Gasteiger partial charge in [-0.15, -0.1) is 12.3 Å². The maximum Gasteiger partial charge on any atom is 0.323 e. The van der Waals surface area contributed by atoms with Crippen LogP contribution in [-0.2, 0) is 9.53 Å². The van der Waals surface area contributed by atoms with Gasteiger partial charge in [-0.1, -0.05) is 6.92 Å². The maximum atomic E-state index is 10.8. The molecule has 0 fully saturated rings. The summed E-state index contributed by atoms with van der Waals surface area (Å²) in [6.45, 7) is 2.11. The number of nitrogens with one attached hydrogen (secondary N) is 1. The summed E-state index contributed by atoms with van der Waals surface area (Å²) in [5.74, 6) is 1.59. The third-order valence-electron chi connectivity index (χ3n) is 1.93. The lowest BCUT2D eigenvalue weighted by Crippen LogP contribution is -2.45. The summed E-state index contributed by atoms with van der Waals surface area (Å²) in [6.07, 6.45) is 6.50. The van der Waals surface area contributed by atoms with Crippen LogP contribution in [0.5, 0.6) is 0 Å². The van der Waals surface area contributed by atoms with Crippen LogP contribution in [0, 0.1) is 12.3 Å². The second kappa shape index (κ2) is 7.36. The Morgan fingerprint density at radius 1 is 1.71 bits per heavy atom. The van der Waals surface area contributed by atoms with Crippen molar-refractivity contribution in [3.8, 4) is 12.3 Å². The van der Waals surface area contributed by atoms with Crippen molar-refractivity contribution in [1.29, 1.82) is 0 Å². The van der Waals surface area contributed by atoms with E-state index < -0.39 is 12.0 Å². The SMILES string of the molecule is C#CCC(CC)NC(COC)C(=O)O. The summed E-state index contributed by atoms with van der Waals surface area (Å²) in [5, 5.41) is 11.8. The molecule has 2 atom stereocenters. The van der Waals surface area contributed by atoms with Crippen LogP contribution in [0.3, 0.4) is 0 Å². The second-order valence-corrected chi connectivity index (χ2v) is 3.03. The quantitative estimate of drug-likeness (QED) is 0.585. The van der Waals surface area contributed by atoms with E-state index in [1.165, 1.54) is 7.11 Å². The standard InChI is InChI=1S/C10H17NO3/c1-4-6-8(5-2)11-9(7-14-3)10(12)13/h1,8-9,11H,5-7H2,2-3H3,(H,12,13). The second-order valence-electron chi connectivity index (χ2n) is 3.03. The Morgan fingerprint density at radius 2 is 2.36 bits per heavy atom. The van der Waals surface area contributed by atoms with Crippen LogP contribution in [0.2, 0.25) is 0 Å². The van der Waals surface area contributed by atoms with Crippen molar-refractivity contribution in [3.63, 3.8) is 0 Å². The van der Waals surface area contributed by atoms with Crippen LogP contribution >= 0.6 is 0 Å².